The maximum Gasteiger partial charge on any atom is 0.319 e. The summed E-state index contributed by atoms with van der Waals surface area (Å²) in [4.78, 5) is 29.3. The van der Waals surface area contributed by atoms with E-state index in [0.29, 0.717) is 23.3 Å². The monoisotopic (exact) mass is 399 g/mol. The van der Waals surface area contributed by atoms with E-state index in [9.17, 15) is 9.59 Å². The summed E-state index contributed by atoms with van der Waals surface area (Å²) in [5.41, 5.74) is 3.14. The molecule has 0 radical (unpaired) electrons. The third kappa shape index (κ3) is 4.35. The van der Waals surface area contributed by atoms with Gasteiger partial charge in [-0.2, -0.15) is 5.10 Å². The summed E-state index contributed by atoms with van der Waals surface area (Å²) in [6.45, 7) is 2.48. The molecule has 0 bridgehead atoms. The summed E-state index contributed by atoms with van der Waals surface area (Å²) in [6, 6.07) is 18.2. The van der Waals surface area contributed by atoms with Crippen molar-refractivity contribution >= 4 is 22.5 Å². The molecule has 2 aromatic heterocycles. The van der Waals surface area contributed by atoms with Gasteiger partial charge in [0.2, 0.25) is 0 Å². The molecule has 2 amide bonds. The van der Waals surface area contributed by atoms with E-state index < -0.39 is 0 Å². The number of urea groups is 1. The topological polar surface area (TPSA) is 88.9 Å². The van der Waals surface area contributed by atoms with E-state index in [1.54, 1.807) is 18.5 Å². The Labute approximate surface area is 173 Å². The second-order valence-corrected chi connectivity index (χ2v) is 6.99. The number of anilines is 1. The Morgan fingerprint density at radius 2 is 1.77 bits per heavy atom. The number of hydrogen-bond donors (Lipinski definition) is 2. The van der Waals surface area contributed by atoms with Crippen LogP contribution >= 0.6 is 0 Å². The molecule has 30 heavy (non-hydrogen) atoms. The fraction of sp³-hybridized carbons (Fsp3) is 0.130. The number of benzene rings is 2. The van der Waals surface area contributed by atoms with Crippen molar-refractivity contribution in [3.05, 3.63) is 100 Å². The molecule has 0 atom stereocenters. The van der Waals surface area contributed by atoms with Gasteiger partial charge < -0.3 is 10.6 Å². The molecular formula is C23H21N5O2. The molecule has 0 spiro atoms. The molecular weight excluding hydrogens is 378 g/mol. The van der Waals surface area contributed by atoms with E-state index in [2.05, 4.69) is 20.7 Å². The standard InChI is InChI=1S/C23H21N5O2/c1-16-8-10-18(11-9-16)26-23(30)25-14-21-19-6-2-3-7-20(19)22(29)28(27-21)15-17-5-4-12-24-13-17/h2-13H,14-15H2,1H3,(H2,25,26,30). The van der Waals surface area contributed by atoms with Crippen molar-refractivity contribution in [2.24, 2.45) is 0 Å². The lowest BCUT2D eigenvalue weighted by molar-refractivity contribution is 0.251. The van der Waals surface area contributed by atoms with Crippen LogP contribution in [0.2, 0.25) is 0 Å². The number of nitrogens with zero attached hydrogens (tertiary/aromatic N) is 3. The van der Waals surface area contributed by atoms with Crippen LogP contribution in [0.4, 0.5) is 10.5 Å². The highest BCUT2D eigenvalue weighted by molar-refractivity contribution is 5.90. The number of carbonyl (C=O) groups excluding carboxylic acids is 1. The summed E-state index contributed by atoms with van der Waals surface area (Å²) < 4.78 is 1.41. The maximum atomic E-state index is 12.9. The molecule has 150 valence electrons. The van der Waals surface area contributed by atoms with Gasteiger partial charge in [0, 0.05) is 23.5 Å². The normalized spacial score (nSPS) is 10.7. The number of hydrogen-bond acceptors (Lipinski definition) is 4. The van der Waals surface area contributed by atoms with Gasteiger partial charge in [-0.3, -0.25) is 9.78 Å². The predicted octanol–water partition coefficient (Wildman–Crippen LogP) is 3.47. The smallest absolute Gasteiger partial charge is 0.319 e. The SMILES string of the molecule is Cc1ccc(NC(=O)NCc2nn(Cc3cccnc3)c(=O)c3ccccc23)cc1. The zero-order valence-electron chi connectivity index (χ0n) is 16.5. The molecule has 0 saturated heterocycles. The first-order valence-electron chi connectivity index (χ1n) is 9.59. The van der Waals surface area contributed by atoms with Gasteiger partial charge in [-0.15, -0.1) is 0 Å². The fourth-order valence-electron chi connectivity index (χ4n) is 3.18. The highest BCUT2D eigenvalue weighted by Gasteiger charge is 2.12. The lowest BCUT2D eigenvalue weighted by atomic mass is 10.1. The lowest BCUT2D eigenvalue weighted by Gasteiger charge is -2.12. The van der Waals surface area contributed by atoms with Gasteiger partial charge in [0.05, 0.1) is 24.2 Å². The van der Waals surface area contributed by atoms with Gasteiger partial charge in [0.15, 0.2) is 0 Å². The van der Waals surface area contributed by atoms with Gasteiger partial charge in [-0.05, 0) is 36.8 Å². The van der Waals surface area contributed by atoms with Crippen molar-refractivity contribution in [1.29, 1.82) is 0 Å². The minimum absolute atomic E-state index is 0.178. The Morgan fingerprint density at radius 3 is 2.50 bits per heavy atom. The molecule has 2 N–H and O–H groups in total. The molecule has 0 unspecified atom stereocenters. The molecule has 0 aliphatic rings. The van der Waals surface area contributed by atoms with Crippen molar-refractivity contribution in [2.45, 2.75) is 20.0 Å². The van der Waals surface area contributed by atoms with Crippen LogP contribution in [0.1, 0.15) is 16.8 Å². The minimum Gasteiger partial charge on any atom is -0.332 e. The van der Waals surface area contributed by atoms with Crippen LogP contribution in [0, 0.1) is 6.92 Å². The molecule has 7 heteroatoms. The van der Waals surface area contributed by atoms with Crippen LogP contribution in [-0.4, -0.2) is 20.8 Å². The summed E-state index contributed by atoms with van der Waals surface area (Å²) in [5, 5.41) is 11.4. The van der Waals surface area contributed by atoms with E-state index in [0.717, 1.165) is 16.5 Å². The number of carbonyl (C=O) groups is 1. The lowest BCUT2D eigenvalue weighted by Crippen LogP contribution is -2.31. The van der Waals surface area contributed by atoms with Crippen LogP contribution in [0.3, 0.4) is 0 Å². The first kappa shape index (κ1) is 19.3. The van der Waals surface area contributed by atoms with Gasteiger partial charge in [0.25, 0.3) is 5.56 Å². The first-order chi connectivity index (χ1) is 14.6. The average Bonchev–Trinajstić information content (AvgIpc) is 2.77. The van der Waals surface area contributed by atoms with Crippen LogP contribution in [0.25, 0.3) is 10.8 Å². The van der Waals surface area contributed by atoms with E-state index in [-0.39, 0.29) is 18.1 Å². The van der Waals surface area contributed by atoms with E-state index in [4.69, 9.17) is 0 Å². The van der Waals surface area contributed by atoms with Crippen molar-refractivity contribution in [1.82, 2.24) is 20.1 Å². The Morgan fingerprint density at radius 1 is 1.00 bits per heavy atom. The number of nitrogens with one attached hydrogen (secondary N) is 2. The van der Waals surface area contributed by atoms with Crippen LogP contribution in [0.15, 0.2) is 77.9 Å². The molecule has 4 rings (SSSR count). The number of amides is 2. The summed E-state index contributed by atoms with van der Waals surface area (Å²) >= 11 is 0. The predicted molar refractivity (Wildman–Crippen MR) is 116 cm³/mol. The third-order valence-corrected chi connectivity index (χ3v) is 4.73. The second kappa shape index (κ2) is 8.57. The molecule has 4 aromatic rings. The highest BCUT2D eigenvalue weighted by atomic mass is 16.2. The second-order valence-electron chi connectivity index (χ2n) is 6.99. The summed E-state index contributed by atoms with van der Waals surface area (Å²) in [7, 11) is 0. The zero-order valence-corrected chi connectivity index (χ0v) is 16.5. The summed E-state index contributed by atoms with van der Waals surface area (Å²) in [6.07, 6.45) is 3.39. The Balaban J connectivity index is 1.58. The van der Waals surface area contributed by atoms with E-state index in [1.807, 2.05) is 61.5 Å². The minimum atomic E-state index is -0.338. The van der Waals surface area contributed by atoms with E-state index >= 15 is 0 Å². The quantitative estimate of drug-likeness (QED) is 0.538. The van der Waals surface area contributed by atoms with Gasteiger partial charge in [-0.25, -0.2) is 9.48 Å². The number of fused-ring (bicyclic) bond motifs is 1. The molecule has 2 heterocycles. The molecule has 2 aromatic carbocycles. The van der Waals surface area contributed by atoms with Crippen LogP contribution < -0.4 is 16.2 Å². The van der Waals surface area contributed by atoms with Crippen molar-refractivity contribution in [2.75, 3.05) is 5.32 Å². The number of aromatic nitrogens is 3. The van der Waals surface area contributed by atoms with Crippen molar-refractivity contribution < 1.29 is 4.79 Å². The van der Waals surface area contributed by atoms with Crippen LogP contribution in [-0.2, 0) is 13.1 Å². The molecule has 0 saturated carbocycles. The highest BCUT2D eigenvalue weighted by Crippen LogP contribution is 2.14. The average molecular weight is 399 g/mol. The van der Waals surface area contributed by atoms with Crippen molar-refractivity contribution in [3.63, 3.8) is 0 Å². The van der Waals surface area contributed by atoms with Gasteiger partial charge >= 0.3 is 6.03 Å². The van der Waals surface area contributed by atoms with E-state index in [1.165, 1.54) is 4.68 Å². The fourth-order valence-corrected chi connectivity index (χ4v) is 3.18. The molecule has 0 aliphatic heterocycles. The largest absolute Gasteiger partial charge is 0.332 e. The third-order valence-electron chi connectivity index (χ3n) is 4.73. The zero-order chi connectivity index (χ0) is 20.9. The molecule has 0 fully saturated rings. The number of rotatable bonds is 5. The Bertz CT molecular complexity index is 1230. The van der Waals surface area contributed by atoms with Gasteiger partial charge in [0.1, 0.15) is 0 Å². The first-order valence-corrected chi connectivity index (χ1v) is 9.59. The number of pyridine rings is 1. The molecule has 0 aliphatic carbocycles. The van der Waals surface area contributed by atoms with Gasteiger partial charge in [-0.1, -0.05) is 42.0 Å². The molecule has 7 nitrogen and oxygen atoms in total. The summed E-state index contributed by atoms with van der Waals surface area (Å²) in [5.74, 6) is 0. The van der Waals surface area contributed by atoms with Crippen molar-refractivity contribution in [3.8, 4) is 0 Å². The number of aryl methyl sites for hydroxylation is 1. The maximum absolute atomic E-state index is 12.9. The Hall–Kier alpha value is -4.00. The Kier molecular flexibility index (Phi) is 5.52. The van der Waals surface area contributed by atoms with Crippen LogP contribution in [0.5, 0.6) is 0 Å².